The average molecular weight is 346 g/mol. The van der Waals surface area contributed by atoms with E-state index in [1.807, 2.05) is 12.1 Å². The third-order valence-electron chi connectivity index (χ3n) is 5.62. The van der Waals surface area contributed by atoms with Gasteiger partial charge in [-0.2, -0.15) is 0 Å². The van der Waals surface area contributed by atoms with E-state index >= 15 is 0 Å². The van der Waals surface area contributed by atoms with E-state index in [9.17, 15) is 4.79 Å². The first-order chi connectivity index (χ1) is 12.8. The van der Waals surface area contributed by atoms with Crippen molar-refractivity contribution in [1.82, 2.24) is 5.32 Å². The van der Waals surface area contributed by atoms with Crippen LogP contribution in [0.2, 0.25) is 0 Å². The average Bonchev–Trinajstić information content (AvgIpc) is 3.18. The molecule has 0 bridgehead atoms. The molecule has 1 amide bonds. The van der Waals surface area contributed by atoms with E-state index < -0.39 is 0 Å². The number of hydrogen-bond acceptors (Lipinski definition) is 2. The molecule has 3 unspecified atom stereocenters. The number of carbonyl (C=O) groups excluding carboxylic acids is 1. The van der Waals surface area contributed by atoms with Crippen LogP contribution in [0.25, 0.3) is 0 Å². The van der Waals surface area contributed by atoms with E-state index in [2.05, 4.69) is 66.1 Å². The van der Waals surface area contributed by atoms with E-state index in [-0.39, 0.29) is 11.9 Å². The molecule has 0 saturated carbocycles. The van der Waals surface area contributed by atoms with Crippen LogP contribution in [0, 0.1) is 5.92 Å². The highest BCUT2D eigenvalue weighted by Crippen LogP contribution is 2.50. The molecule has 3 heteroatoms. The molecule has 0 aromatic heterocycles. The highest BCUT2D eigenvalue weighted by molar-refractivity contribution is 6.00. The van der Waals surface area contributed by atoms with Gasteiger partial charge < -0.3 is 10.6 Å². The predicted molar refractivity (Wildman–Crippen MR) is 106 cm³/mol. The van der Waals surface area contributed by atoms with Crippen molar-refractivity contribution in [1.29, 1.82) is 0 Å². The monoisotopic (exact) mass is 346 g/mol. The Balaban J connectivity index is 1.70. The minimum atomic E-state index is 0.0232. The van der Waals surface area contributed by atoms with Crippen LogP contribution in [0.15, 0.2) is 60.7 Å². The van der Waals surface area contributed by atoms with Gasteiger partial charge in [-0.25, -0.2) is 0 Å². The molecule has 0 saturated heterocycles. The van der Waals surface area contributed by atoms with Crippen LogP contribution < -0.4 is 10.6 Å². The largest absolute Gasteiger partial charge is 0.377 e. The maximum Gasteiger partial charge on any atom is 0.253 e. The number of hydrogen-bond donors (Lipinski definition) is 2. The maximum absolute atomic E-state index is 12.8. The van der Waals surface area contributed by atoms with Crippen molar-refractivity contribution in [3.63, 3.8) is 0 Å². The molecule has 2 aromatic rings. The lowest BCUT2D eigenvalue weighted by Crippen LogP contribution is -2.32. The number of anilines is 1. The second-order valence-electron chi connectivity index (χ2n) is 7.27. The standard InChI is InChI=1S/C23H26N2O/c1-2-3-15-24-23(26)20-14-8-13-19-17-11-7-12-18(17)21(25-22(19)20)16-9-5-4-6-10-16/h4-11,13-14,17-18,21,25H,2-3,12,15H2,1H3,(H,24,26). The molecular formula is C23H26N2O. The van der Waals surface area contributed by atoms with Gasteiger partial charge in [-0.3, -0.25) is 4.79 Å². The van der Waals surface area contributed by atoms with Crippen molar-refractivity contribution in [3.8, 4) is 0 Å². The summed E-state index contributed by atoms with van der Waals surface area (Å²) in [6.45, 7) is 2.86. The Morgan fingerprint density at radius 1 is 1.15 bits per heavy atom. The lowest BCUT2D eigenvalue weighted by atomic mass is 9.76. The minimum absolute atomic E-state index is 0.0232. The number of unbranched alkanes of at least 4 members (excludes halogenated alkanes) is 1. The van der Waals surface area contributed by atoms with Crippen LogP contribution in [0.3, 0.4) is 0 Å². The van der Waals surface area contributed by atoms with Crippen LogP contribution in [0.4, 0.5) is 5.69 Å². The summed E-state index contributed by atoms with van der Waals surface area (Å²) >= 11 is 0. The fourth-order valence-electron chi connectivity index (χ4n) is 4.27. The van der Waals surface area contributed by atoms with Crippen molar-refractivity contribution in [3.05, 3.63) is 77.4 Å². The zero-order valence-corrected chi connectivity index (χ0v) is 15.2. The molecule has 1 aliphatic heterocycles. The quantitative estimate of drug-likeness (QED) is 0.588. The van der Waals surface area contributed by atoms with E-state index in [1.165, 1.54) is 11.1 Å². The Hall–Kier alpha value is -2.55. The molecule has 26 heavy (non-hydrogen) atoms. The summed E-state index contributed by atoms with van der Waals surface area (Å²) in [4.78, 5) is 12.8. The van der Waals surface area contributed by atoms with Crippen molar-refractivity contribution < 1.29 is 4.79 Å². The van der Waals surface area contributed by atoms with Gasteiger partial charge >= 0.3 is 0 Å². The van der Waals surface area contributed by atoms with Crippen LogP contribution in [-0.4, -0.2) is 12.5 Å². The normalized spacial score (nSPS) is 23.0. The summed E-state index contributed by atoms with van der Waals surface area (Å²) in [5, 5.41) is 6.79. The Morgan fingerprint density at radius 2 is 2.00 bits per heavy atom. The summed E-state index contributed by atoms with van der Waals surface area (Å²) in [5.41, 5.74) is 4.30. The van der Waals surface area contributed by atoms with Crippen LogP contribution in [-0.2, 0) is 0 Å². The fraction of sp³-hybridized carbons (Fsp3) is 0.348. The van der Waals surface area contributed by atoms with Crippen molar-refractivity contribution >= 4 is 11.6 Å². The van der Waals surface area contributed by atoms with Gasteiger partial charge in [0, 0.05) is 12.5 Å². The first-order valence-corrected chi connectivity index (χ1v) is 9.69. The topological polar surface area (TPSA) is 41.1 Å². The molecule has 134 valence electrons. The summed E-state index contributed by atoms with van der Waals surface area (Å²) in [7, 11) is 0. The smallest absolute Gasteiger partial charge is 0.253 e. The number of benzene rings is 2. The van der Waals surface area contributed by atoms with E-state index in [1.54, 1.807) is 0 Å². The van der Waals surface area contributed by atoms with E-state index in [0.717, 1.165) is 37.1 Å². The molecule has 3 atom stereocenters. The molecule has 2 N–H and O–H groups in total. The molecule has 1 aliphatic carbocycles. The Bertz CT molecular complexity index is 812. The van der Waals surface area contributed by atoms with Crippen molar-refractivity contribution in [2.45, 2.75) is 38.1 Å². The van der Waals surface area contributed by atoms with Gasteiger partial charge in [-0.1, -0.05) is 68.0 Å². The first-order valence-electron chi connectivity index (χ1n) is 9.69. The SMILES string of the molecule is CCCCNC(=O)c1cccc2c1NC(c1ccccc1)C1CC=CC21. The van der Waals surface area contributed by atoms with Crippen LogP contribution in [0.1, 0.15) is 59.6 Å². The van der Waals surface area contributed by atoms with Gasteiger partial charge in [-0.15, -0.1) is 0 Å². The lowest BCUT2D eigenvalue weighted by Gasteiger charge is -2.38. The molecule has 0 fully saturated rings. The Labute approximate surface area is 155 Å². The van der Waals surface area contributed by atoms with Gasteiger partial charge in [0.05, 0.1) is 17.3 Å². The lowest BCUT2D eigenvalue weighted by molar-refractivity contribution is 0.0953. The zero-order valence-electron chi connectivity index (χ0n) is 15.2. The molecule has 0 radical (unpaired) electrons. The van der Waals surface area contributed by atoms with E-state index in [4.69, 9.17) is 0 Å². The number of para-hydroxylation sites is 1. The highest BCUT2D eigenvalue weighted by atomic mass is 16.1. The number of fused-ring (bicyclic) bond motifs is 3. The molecule has 4 rings (SSSR count). The molecule has 2 aliphatic rings. The number of nitrogens with one attached hydrogen (secondary N) is 2. The molecule has 1 heterocycles. The van der Waals surface area contributed by atoms with Crippen molar-refractivity contribution in [2.24, 2.45) is 5.92 Å². The minimum Gasteiger partial charge on any atom is -0.377 e. The predicted octanol–water partition coefficient (Wildman–Crippen LogP) is 5.04. The molecule has 0 spiro atoms. The second-order valence-corrected chi connectivity index (χ2v) is 7.27. The summed E-state index contributed by atoms with van der Waals surface area (Å²) in [6, 6.07) is 16.9. The molecular weight excluding hydrogens is 320 g/mol. The number of carbonyl (C=O) groups is 1. The highest BCUT2D eigenvalue weighted by Gasteiger charge is 2.39. The maximum atomic E-state index is 12.8. The third kappa shape index (κ3) is 3.03. The van der Waals surface area contributed by atoms with Gasteiger partial charge in [0.2, 0.25) is 0 Å². The van der Waals surface area contributed by atoms with Gasteiger partial charge in [0.1, 0.15) is 0 Å². The summed E-state index contributed by atoms with van der Waals surface area (Å²) in [5.74, 6) is 0.901. The third-order valence-corrected chi connectivity index (χ3v) is 5.62. The Kier molecular flexibility index (Phi) is 4.79. The summed E-state index contributed by atoms with van der Waals surface area (Å²) in [6.07, 6.45) is 7.77. The van der Waals surface area contributed by atoms with Gasteiger partial charge in [0.25, 0.3) is 5.91 Å². The number of allylic oxidation sites excluding steroid dienone is 2. The van der Waals surface area contributed by atoms with Gasteiger partial charge in [-0.05, 0) is 36.0 Å². The van der Waals surface area contributed by atoms with Gasteiger partial charge in [0.15, 0.2) is 0 Å². The second kappa shape index (κ2) is 7.36. The van der Waals surface area contributed by atoms with E-state index in [0.29, 0.717) is 11.8 Å². The van der Waals surface area contributed by atoms with Crippen molar-refractivity contribution in [2.75, 3.05) is 11.9 Å². The fourth-order valence-corrected chi connectivity index (χ4v) is 4.27. The number of amides is 1. The Morgan fingerprint density at radius 3 is 2.81 bits per heavy atom. The number of rotatable bonds is 5. The molecule has 2 aromatic carbocycles. The first kappa shape index (κ1) is 16.9. The zero-order chi connectivity index (χ0) is 17.9. The molecule has 3 nitrogen and oxygen atoms in total. The van der Waals surface area contributed by atoms with Crippen LogP contribution >= 0.6 is 0 Å². The van der Waals surface area contributed by atoms with Crippen LogP contribution in [0.5, 0.6) is 0 Å². The summed E-state index contributed by atoms with van der Waals surface area (Å²) < 4.78 is 0.